The molecule has 1 N–H and O–H groups in total. The minimum Gasteiger partial charge on any atom is -0.345 e. The van der Waals surface area contributed by atoms with Gasteiger partial charge >= 0.3 is 0 Å². The highest BCUT2D eigenvalue weighted by atomic mass is 35.5. The van der Waals surface area contributed by atoms with Crippen LogP contribution in [0.5, 0.6) is 0 Å². The molecule has 3 nitrogen and oxygen atoms in total. The molecule has 140 valence electrons. The first-order chi connectivity index (χ1) is 13.6. The molecule has 4 aromatic rings. The average Bonchev–Trinajstić information content (AvgIpc) is 3.16. The Hall–Kier alpha value is -2.43. The minimum absolute atomic E-state index is 0.0419. The number of benzene rings is 2. The number of carbonyl (C=O) groups excluding carboxylic acids is 1. The summed E-state index contributed by atoms with van der Waals surface area (Å²) in [5, 5.41) is 5.58. The van der Waals surface area contributed by atoms with E-state index in [1.54, 1.807) is 0 Å². The Labute approximate surface area is 172 Å². The maximum absolute atomic E-state index is 13.0. The molecule has 5 heteroatoms. The number of hydrogen-bond donors (Lipinski definition) is 1. The maximum Gasteiger partial charge on any atom is 0.261 e. The molecule has 0 aliphatic heterocycles. The molecule has 0 bridgehead atoms. The van der Waals surface area contributed by atoms with Gasteiger partial charge in [-0.15, -0.1) is 11.3 Å². The van der Waals surface area contributed by atoms with E-state index < -0.39 is 0 Å². The highest BCUT2D eigenvalue weighted by Gasteiger charge is 2.23. The average molecular weight is 407 g/mol. The summed E-state index contributed by atoms with van der Waals surface area (Å²) in [7, 11) is 0. The SMILES string of the molecule is Cc1ccc2nc(Cl)c3cc(C(=O)NC4CCCc5ccccc54)sc3c2c1. The van der Waals surface area contributed by atoms with Gasteiger partial charge in [-0.2, -0.15) is 0 Å². The van der Waals surface area contributed by atoms with Gasteiger partial charge in [0.05, 0.1) is 16.4 Å². The maximum atomic E-state index is 13.0. The molecular formula is C23H19ClN2OS. The van der Waals surface area contributed by atoms with Crippen LogP contribution < -0.4 is 5.32 Å². The highest BCUT2D eigenvalue weighted by Crippen LogP contribution is 2.37. The smallest absolute Gasteiger partial charge is 0.261 e. The van der Waals surface area contributed by atoms with Gasteiger partial charge in [0.15, 0.2) is 0 Å². The third-order valence-electron chi connectivity index (χ3n) is 5.47. The lowest BCUT2D eigenvalue weighted by Gasteiger charge is -2.26. The van der Waals surface area contributed by atoms with Gasteiger partial charge in [0.25, 0.3) is 5.91 Å². The summed E-state index contributed by atoms with van der Waals surface area (Å²) in [5.74, 6) is -0.0419. The summed E-state index contributed by atoms with van der Waals surface area (Å²) in [4.78, 5) is 18.2. The van der Waals surface area contributed by atoms with Gasteiger partial charge < -0.3 is 5.32 Å². The predicted octanol–water partition coefficient (Wildman–Crippen LogP) is 6.22. The quantitative estimate of drug-likeness (QED) is 0.401. The van der Waals surface area contributed by atoms with Crippen molar-refractivity contribution in [3.8, 4) is 0 Å². The number of halogens is 1. The minimum atomic E-state index is -0.0419. The van der Waals surface area contributed by atoms with E-state index in [1.807, 2.05) is 24.3 Å². The van der Waals surface area contributed by atoms with E-state index in [-0.39, 0.29) is 11.9 Å². The van der Waals surface area contributed by atoms with Crippen molar-refractivity contribution in [3.05, 3.63) is 75.3 Å². The summed E-state index contributed by atoms with van der Waals surface area (Å²) in [5.41, 5.74) is 4.60. The summed E-state index contributed by atoms with van der Waals surface area (Å²) in [6.07, 6.45) is 3.14. The van der Waals surface area contributed by atoms with Crippen LogP contribution in [0.1, 0.15) is 45.2 Å². The van der Waals surface area contributed by atoms with Crippen LogP contribution in [-0.4, -0.2) is 10.9 Å². The zero-order valence-corrected chi connectivity index (χ0v) is 17.0. The van der Waals surface area contributed by atoms with Crippen LogP contribution in [0.25, 0.3) is 21.0 Å². The fourth-order valence-corrected chi connectivity index (χ4v) is 5.47. The molecular weight excluding hydrogens is 388 g/mol. The molecule has 5 rings (SSSR count). The highest BCUT2D eigenvalue weighted by molar-refractivity contribution is 7.21. The standard InChI is InChI=1S/C23H19ClN2OS/c1-13-9-10-19-16(11-13)21-17(22(24)25-19)12-20(28-21)23(27)26-18-8-4-6-14-5-2-3-7-15(14)18/h2-3,5,7,9-12,18H,4,6,8H2,1H3,(H,26,27). The van der Waals surface area contributed by atoms with Crippen molar-refractivity contribution in [2.24, 2.45) is 0 Å². The number of nitrogens with zero attached hydrogens (tertiary/aromatic N) is 1. The third-order valence-corrected chi connectivity index (χ3v) is 6.92. The van der Waals surface area contributed by atoms with Gasteiger partial charge in [-0.05, 0) is 55.5 Å². The topological polar surface area (TPSA) is 42.0 Å². The number of thiophene rings is 1. The fourth-order valence-electron chi connectivity index (χ4n) is 4.08. The zero-order valence-electron chi connectivity index (χ0n) is 15.5. The van der Waals surface area contributed by atoms with E-state index in [2.05, 4.69) is 41.5 Å². The molecule has 1 unspecified atom stereocenters. The second kappa shape index (κ2) is 6.87. The van der Waals surface area contributed by atoms with Crippen LogP contribution in [0.2, 0.25) is 5.15 Å². The lowest BCUT2D eigenvalue weighted by atomic mass is 9.88. The lowest BCUT2D eigenvalue weighted by Crippen LogP contribution is -2.30. The van der Waals surface area contributed by atoms with E-state index in [0.29, 0.717) is 10.0 Å². The van der Waals surface area contributed by atoms with Crippen molar-refractivity contribution in [1.29, 1.82) is 0 Å². The van der Waals surface area contributed by atoms with Gasteiger partial charge in [-0.3, -0.25) is 4.79 Å². The zero-order chi connectivity index (χ0) is 19.3. The van der Waals surface area contributed by atoms with Crippen molar-refractivity contribution in [2.45, 2.75) is 32.2 Å². The van der Waals surface area contributed by atoms with Crippen molar-refractivity contribution in [3.63, 3.8) is 0 Å². The number of nitrogens with one attached hydrogen (secondary N) is 1. The number of aromatic nitrogens is 1. The van der Waals surface area contributed by atoms with Crippen molar-refractivity contribution in [2.75, 3.05) is 0 Å². The number of aryl methyl sites for hydroxylation is 2. The Morgan fingerprint density at radius 3 is 2.93 bits per heavy atom. The summed E-state index contributed by atoms with van der Waals surface area (Å²) < 4.78 is 1.02. The van der Waals surface area contributed by atoms with Crippen LogP contribution >= 0.6 is 22.9 Å². The molecule has 0 spiro atoms. The number of pyridine rings is 1. The molecule has 28 heavy (non-hydrogen) atoms. The summed E-state index contributed by atoms with van der Waals surface area (Å²) >= 11 is 7.91. The van der Waals surface area contributed by atoms with E-state index in [9.17, 15) is 4.79 Å². The van der Waals surface area contributed by atoms with E-state index >= 15 is 0 Å². The molecule has 1 aliphatic carbocycles. The van der Waals surface area contributed by atoms with Crippen molar-refractivity contribution in [1.82, 2.24) is 10.3 Å². The van der Waals surface area contributed by atoms with Crippen LogP contribution in [0.15, 0.2) is 48.5 Å². The molecule has 0 saturated carbocycles. The number of rotatable bonds is 2. The normalized spacial score (nSPS) is 16.3. The second-order valence-corrected chi connectivity index (χ2v) is 8.80. The molecule has 0 saturated heterocycles. The van der Waals surface area contributed by atoms with Crippen LogP contribution in [0.4, 0.5) is 0 Å². The van der Waals surface area contributed by atoms with Crippen molar-refractivity contribution >= 4 is 49.8 Å². The molecule has 2 aromatic heterocycles. The van der Waals surface area contributed by atoms with E-state index in [1.165, 1.54) is 22.5 Å². The van der Waals surface area contributed by atoms with Gasteiger partial charge in [0.1, 0.15) is 5.15 Å². The molecule has 1 aliphatic rings. The fraction of sp³-hybridized carbons (Fsp3) is 0.217. The molecule has 1 amide bonds. The second-order valence-electron chi connectivity index (χ2n) is 7.39. The van der Waals surface area contributed by atoms with Crippen LogP contribution in [-0.2, 0) is 6.42 Å². The van der Waals surface area contributed by atoms with Crippen molar-refractivity contribution < 1.29 is 4.79 Å². The Morgan fingerprint density at radius 1 is 1.18 bits per heavy atom. The summed E-state index contributed by atoms with van der Waals surface area (Å²) in [6, 6.07) is 16.5. The van der Waals surface area contributed by atoms with E-state index in [0.717, 1.165) is 45.8 Å². The molecule has 2 heterocycles. The lowest BCUT2D eigenvalue weighted by molar-refractivity contribution is 0.0937. The Balaban J connectivity index is 1.53. The predicted molar refractivity (Wildman–Crippen MR) is 116 cm³/mol. The Kier molecular flexibility index (Phi) is 4.33. The number of fused-ring (bicyclic) bond motifs is 4. The largest absolute Gasteiger partial charge is 0.345 e. The first-order valence-corrected chi connectivity index (χ1v) is 10.7. The monoisotopic (exact) mass is 406 g/mol. The Morgan fingerprint density at radius 2 is 2.04 bits per heavy atom. The molecule has 0 fully saturated rings. The molecule has 0 radical (unpaired) electrons. The van der Waals surface area contributed by atoms with Gasteiger partial charge in [-0.25, -0.2) is 4.98 Å². The van der Waals surface area contributed by atoms with Gasteiger partial charge in [0.2, 0.25) is 0 Å². The Bertz CT molecular complexity index is 1230. The van der Waals surface area contributed by atoms with Gasteiger partial charge in [-0.1, -0.05) is 47.5 Å². The number of carbonyl (C=O) groups is 1. The third kappa shape index (κ3) is 2.97. The first-order valence-electron chi connectivity index (χ1n) is 9.48. The molecule has 1 atom stereocenters. The number of amides is 1. The van der Waals surface area contributed by atoms with Crippen LogP contribution in [0, 0.1) is 6.92 Å². The van der Waals surface area contributed by atoms with Crippen LogP contribution in [0.3, 0.4) is 0 Å². The summed E-state index contributed by atoms with van der Waals surface area (Å²) in [6.45, 7) is 2.06. The van der Waals surface area contributed by atoms with Gasteiger partial charge in [0, 0.05) is 15.5 Å². The molecule has 2 aromatic carbocycles. The number of hydrogen-bond acceptors (Lipinski definition) is 3. The van der Waals surface area contributed by atoms with E-state index in [4.69, 9.17) is 11.6 Å². The first kappa shape index (κ1) is 17.7.